The summed E-state index contributed by atoms with van der Waals surface area (Å²) in [6.45, 7) is 13.9. The van der Waals surface area contributed by atoms with Gasteiger partial charge in [-0.2, -0.15) is 5.10 Å². The number of imide groups is 1. The molecular formula is C29H35N5O3. The van der Waals surface area contributed by atoms with E-state index in [1.54, 1.807) is 29.2 Å². The summed E-state index contributed by atoms with van der Waals surface area (Å²) in [5.41, 5.74) is 3.63. The van der Waals surface area contributed by atoms with Crippen molar-refractivity contribution >= 4 is 30.3 Å². The monoisotopic (exact) mass is 501 g/mol. The largest absolute Gasteiger partial charge is 0.332 e. The molecule has 1 spiro atoms. The van der Waals surface area contributed by atoms with E-state index in [-0.39, 0.29) is 35.6 Å². The SMILES string of the molecule is C=NNC(=C)NC(=O)c1ccc(CN2C(=O)N(c3ccccc3)C(=O)C23CCC(C(C)(C)C)CC3)cc1. The summed E-state index contributed by atoms with van der Waals surface area (Å²) in [6.07, 6.45) is 3.04. The first-order valence-electron chi connectivity index (χ1n) is 12.6. The molecule has 194 valence electrons. The van der Waals surface area contributed by atoms with Gasteiger partial charge in [-0.25, -0.2) is 9.69 Å². The van der Waals surface area contributed by atoms with Gasteiger partial charge in [0.05, 0.1) is 5.69 Å². The average Bonchev–Trinajstić information content (AvgIpc) is 3.06. The number of rotatable bonds is 7. The molecule has 2 fully saturated rings. The van der Waals surface area contributed by atoms with E-state index < -0.39 is 5.54 Å². The van der Waals surface area contributed by atoms with Gasteiger partial charge in [0.15, 0.2) is 0 Å². The van der Waals surface area contributed by atoms with E-state index in [0.717, 1.165) is 18.4 Å². The molecule has 2 N–H and O–H groups in total. The molecular weight excluding hydrogens is 466 g/mol. The van der Waals surface area contributed by atoms with Crippen LogP contribution in [0.15, 0.2) is 72.1 Å². The highest BCUT2D eigenvalue weighted by molar-refractivity contribution is 6.23. The minimum absolute atomic E-state index is 0.145. The van der Waals surface area contributed by atoms with Gasteiger partial charge in [-0.1, -0.05) is 57.7 Å². The van der Waals surface area contributed by atoms with Gasteiger partial charge in [0.25, 0.3) is 11.8 Å². The first-order chi connectivity index (χ1) is 17.6. The molecule has 0 unspecified atom stereocenters. The lowest BCUT2D eigenvalue weighted by molar-refractivity contribution is -0.127. The van der Waals surface area contributed by atoms with E-state index in [9.17, 15) is 14.4 Å². The second-order valence-electron chi connectivity index (χ2n) is 10.9. The lowest BCUT2D eigenvalue weighted by Crippen LogP contribution is -2.52. The quantitative estimate of drug-likeness (QED) is 0.316. The number of urea groups is 1. The van der Waals surface area contributed by atoms with Crippen molar-refractivity contribution < 1.29 is 14.4 Å². The van der Waals surface area contributed by atoms with Crippen LogP contribution in [0.4, 0.5) is 10.5 Å². The summed E-state index contributed by atoms with van der Waals surface area (Å²) in [7, 11) is 0. The molecule has 4 rings (SSSR count). The smallest absolute Gasteiger partial charge is 0.307 e. The topological polar surface area (TPSA) is 94.1 Å². The Hall–Kier alpha value is -3.94. The van der Waals surface area contributed by atoms with Crippen LogP contribution in [0, 0.1) is 11.3 Å². The van der Waals surface area contributed by atoms with Crippen molar-refractivity contribution in [3.63, 3.8) is 0 Å². The second kappa shape index (κ2) is 10.2. The summed E-state index contributed by atoms with van der Waals surface area (Å²) < 4.78 is 0. The number of amides is 4. The third kappa shape index (κ3) is 5.14. The Bertz CT molecular complexity index is 1190. The van der Waals surface area contributed by atoms with Crippen molar-refractivity contribution in [3.8, 4) is 0 Å². The molecule has 1 saturated carbocycles. The van der Waals surface area contributed by atoms with Crippen LogP contribution >= 0.6 is 0 Å². The molecule has 1 saturated heterocycles. The Morgan fingerprint density at radius 3 is 2.24 bits per heavy atom. The molecule has 2 aliphatic rings. The van der Waals surface area contributed by atoms with Crippen LogP contribution in [0.1, 0.15) is 62.4 Å². The zero-order valence-corrected chi connectivity index (χ0v) is 21.8. The third-order valence-corrected chi connectivity index (χ3v) is 7.63. The standard InChI is InChI=1S/C29H35N5O3/c1-20(32-30-5)31-25(35)22-13-11-21(12-14-22)19-33-27(37)34(24-9-7-6-8-10-24)26(36)29(33)17-15-23(16-18-29)28(2,3)4/h6-14,23,32H,1,5,15-19H2,2-4H3,(H,31,35). The zero-order valence-electron chi connectivity index (χ0n) is 21.8. The van der Waals surface area contributed by atoms with Crippen LogP contribution in [-0.2, 0) is 11.3 Å². The van der Waals surface area contributed by atoms with E-state index >= 15 is 0 Å². The number of hydrogen-bond acceptors (Lipinski definition) is 5. The van der Waals surface area contributed by atoms with E-state index in [2.05, 4.69) is 49.9 Å². The first kappa shape index (κ1) is 26.1. The minimum atomic E-state index is -0.869. The molecule has 0 bridgehead atoms. The number of benzene rings is 2. The number of nitrogens with zero attached hydrogens (tertiary/aromatic N) is 3. The second-order valence-corrected chi connectivity index (χ2v) is 10.9. The van der Waals surface area contributed by atoms with Gasteiger partial charge < -0.3 is 10.2 Å². The number of hydrazone groups is 1. The molecule has 1 heterocycles. The van der Waals surface area contributed by atoms with Crippen molar-refractivity contribution in [2.24, 2.45) is 16.4 Å². The van der Waals surface area contributed by atoms with Crippen LogP contribution < -0.4 is 15.6 Å². The van der Waals surface area contributed by atoms with E-state index in [0.29, 0.717) is 30.0 Å². The number of hydrogen-bond donors (Lipinski definition) is 2. The molecule has 0 radical (unpaired) electrons. The van der Waals surface area contributed by atoms with Crippen LogP contribution in [0.3, 0.4) is 0 Å². The number of anilines is 1. The maximum absolute atomic E-state index is 13.9. The highest BCUT2D eigenvalue weighted by Gasteiger charge is 2.58. The Kier molecular flexibility index (Phi) is 7.21. The molecule has 4 amide bonds. The maximum atomic E-state index is 13.9. The summed E-state index contributed by atoms with van der Waals surface area (Å²) >= 11 is 0. The van der Waals surface area contributed by atoms with Crippen LogP contribution in [-0.4, -0.2) is 35.0 Å². The van der Waals surface area contributed by atoms with Gasteiger partial charge in [-0.3, -0.25) is 15.0 Å². The normalized spacial score (nSPS) is 21.8. The molecule has 8 nitrogen and oxygen atoms in total. The van der Waals surface area contributed by atoms with Crippen molar-refractivity contribution in [2.45, 2.75) is 58.5 Å². The number of nitrogens with one attached hydrogen (secondary N) is 2. The van der Waals surface area contributed by atoms with Crippen LogP contribution in [0.25, 0.3) is 0 Å². The van der Waals surface area contributed by atoms with Gasteiger partial charge in [0, 0.05) is 18.8 Å². The molecule has 37 heavy (non-hydrogen) atoms. The summed E-state index contributed by atoms with van der Waals surface area (Å²) in [6, 6.07) is 15.8. The lowest BCUT2D eigenvalue weighted by Gasteiger charge is -2.44. The van der Waals surface area contributed by atoms with Gasteiger partial charge in [-0.05, 0) is 66.8 Å². The molecule has 1 aliphatic heterocycles. The predicted molar refractivity (Wildman–Crippen MR) is 145 cm³/mol. The Morgan fingerprint density at radius 2 is 1.68 bits per heavy atom. The van der Waals surface area contributed by atoms with Crippen LogP contribution in [0.5, 0.6) is 0 Å². The van der Waals surface area contributed by atoms with E-state index in [4.69, 9.17) is 0 Å². The van der Waals surface area contributed by atoms with Gasteiger partial charge >= 0.3 is 6.03 Å². The van der Waals surface area contributed by atoms with Crippen molar-refractivity contribution in [2.75, 3.05) is 4.90 Å². The van der Waals surface area contributed by atoms with Crippen molar-refractivity contribution in [3.05, 3.63) is 78.1 Å². The number of carbonyl (C=O) groups is 3. The molecule has 8 heteroatoms. The lowest BCUT2D eigenvalue weighted by atomic mass is 9.67. The summed E-state index contributed by atoms with van der Waals surface area (Å²) in [4.78, 5) is 43.2. The molecule has 2 aromatic rings. The average molecular weight is 502 g/mol. The predicted octanol–water partition coefficient (Wildman–Crippen LogP) is 5.04. The Balaban J connectivity index is 1.60. The fraction of sp³-hybridized carbons (Fsp3) is 0.379. The Morgan fingerprint density at radius 1 is 1.05 bits per heavy atom. The number of carbonyl (C=O) groups excluding carboxylic acids is 3. The molecule has 0 atom stereocenters. The molecule has 1 aliphatic carbocycles. The van der Waals surface area contributed by atoms with Gasteiger partial charge in [0.1, 0.15) is 11.4 Å². The zero-order chi connectivity index (χ0) is 26.8. The van der Waals surface area contributed by atoms with E-state index in [1.807, 2.05) is 30.3 Å². The highest BCUT2D eigenvalue weighted by atomic mass is 16.2. The van der Waals surface area contributed by atoms with Gasteiger partial charge in [-0.15, -0.1) is 0 Å². The Labute approximate surface area is 218 Å². The van der Waals surface area contributed by atoms with Crippen molar-refractivity contribution in [1.82, 2.24) is 15.6 Å². The highest BCUT2D eigenvalue weighted by Crippen LogP contribution is 2.48. The van der Waals surface area contributed by atoms with Gasteiger partial charge in [0.2, 0.25) is 0 Å². The maximum Gasteiger partial charge on any atom is 0.332 e. The van der Waals surface area contributed by atoms with E-state index in [1.165, 1.54) is 4.90 Å². The fourth-order valence-electron chi connectivity index (χ4n) is 5.46. The minimum Gasteiger partial charge on any atom is -0.307 e. The number of para-hydroxylation sites is 1. The van der Waals surface area contributed by atoms with Crippen LogP contribution in [0.2, 0.25) is 0 Å². The summed E-state index contributed by atoms with van der Waals surface area (Å²) in [5, 5.41) is 6.07. The van der Waals surface area contributed by atoms with Crippen molar-refractivity contribution in [1.29, 1.82) is 0 Å². The first-order valence-corrected chi connectivity index (χ1v) is 12.6. The third-order valence-electron chi connectivity index (χ3n) is 7.63. The summed E-state index contributed by atoms with van der Waals surface area (Å²) in [5.74, 6) is 0.229. The molecule has 0 aromatic heterocycles. The fourth-order valence-corrected chi connectivity index (χ4v) is 5.46. The molecule has 2 aromatic carbocycles.